The molecule has 0 saturated carbocycles. The summed E-state index contributed by atoms with van der Waals surface area (Å²) in [5, 5.41) is 0. The number of hydrogen-bond donors (Lipinski definition) is 1. The lowest BCUT2D eigenvalue weighted by molar-refractivity contribution is 0.414. The van der Waals surface area contributed by atoms with Gasteiger partial charge < -0.3 is 5.73 Å². The topological polar surface area (TPSA) is 60.2 Å². The third-order valence-electron chi connectivity index (χ3n) is 3.70. The first-order valence-electron chi connectivity index (χ1n) is 6.97. The van der Waals surface area contributed by atoms with Gasteiger partial charge in [-0.25, -0.2) is 8.42 Å². The minimum atomic E-state index is -2.83. The van der Waals surface area contributed by atoms with E-state index in [9.17, 15) is 8.42 Å². The molecule has 4 heteroatoms. The standard InChI is InChI=1S/C13H27NO2S/c1-2-3-4-5-6-7-8-9-13(14)10-11-17(15,16)12-13/h2-12,14H2,1H3. The zero-order valence-electron chi connectivity index (χ0n) is 11.1. The molecular formula is C13H27NO2S. The van der Waals surface area contributed by atoms with Crippen LogP contribution in [0.5, 0.6) is 0 Å². The number of nitrogens with two attached hydrogens (primary N) is 1. The first-order valence-corrected chi connectivity index (χ1v) is 8.79. The van der Waals surface area contributed by atoms with Crippen LogP contribution in [0.15, 0.2) is 0 Å². The fourth-order valence-corrected chi connectivity index (χ4v) is 4.60. The SMILES string of the molecule is CCCCCCCCCC1(N)CCS(=O)(=O)C1. The zero-order valence-corrected chi connectivity index (χ0v) is 11.9. The second kappa shape index (κ2) is 6.74. The van der Waals surface area contributed by atoms with Crippen molar-refractivity contribution in [2.45, 2.75) is 70.3 Å². The summed E-state index contributed by atoms with van der Waals surface area (Å²) in [4.78, 5) is 0. The highest BCUT2D eigenvalue weighted by Gasteiger charge is 2.38. The van der Waals surface area contributed by atoms with Crippen LogP contribution in [0.3, 0.4) is 0 Å². The number of sulfone groups is 1. The van der Waals surface area contributed by atoms with Gasteiger partial charge in [-0.15, -0.1) is 0 Å². The molecule has 1 heterocycles. The summed E-state index contributed by atoms with van der Waals surface area (Å²) in [5.41, 5.74) is 5.70. The summed E-state index contributed by atoms with van der Waals surface area (Å²) in [6.45, 7) is 2.22. The van der Waals surface area contributed by atoms with Gasteiger partial charge in [-0.1, -0.05) is 51.9 Å². The molecule has 17 heavy (non-hydrogen) atoms. The van der Waals surface area contributed by atoms with Crippen LogP contribution >= 0.6 is 0 Å². The Bertz CT molecular complexity index is 313. The molecule has 1 fully saturated rings. The van der Waals surface area contributed by atoms with Crippen molar-refractivity contribution in [3.63, 3.8) is 0 Å². The molecule has 0 radical (unpaired) electrons. The van der Waals surface area contributed by atoms with Crippen molar-refractivity contribution >= 4 is 9.84 Å². The third-order valence-corrected chi connectivity index (χ3v) is 5.54. The van der Waals surface area contributed by atoms with Gasteiger partial charge in [0.2, 0.25) is 0 Å². The normalized spacial score (nSPS) is 27.4. The van der Waals surface area contributed by atoms with E-state index in [4.69, 9.17) is 5.73 Å². The van der Waals surface area contributed by atoms with Crippen LogP contribution in [0, 0.1) is 0 Å². The van der Waals surface area contributed by atoms with Crippen LogP contribution < -0.4 is 5.73 Å². The molecule has 0 aliphatic carbocycles. The van der Waals surface area contributed by atoms with E-state index < -0.39 is 15.4 Å². The molecule has 1 atom stereocenters. The maximum absolute atomic E-state index is 11.4. The fraction of sp³-hybridized carbons (Fsp3) is 1.00. The zero-order chi connectivity index (χ0) is 12.8. The predicted molar refractivity (Wildman–Crippen MR) is 72.8 cm³/mol. The first-order chi connectivity index (χ1) is 7.97. The van der Waals surface area contributed by atoms with Gasteiger partial charge in [0.1, 0.15) is 0 Å². The fourth-order valence-electron chi connectivity index (χ4n) is 2.57. The van der Waals surface area contributed by atoms with Gasteiger partial charge in [-0.2, -0.15) is 0 Å². The predicted octanol–water partition coefficient (Wildman–Crippen LogP) is 2.64. The molecule has 1 saturated heterocycles. The Morgan fingerprint density at radius 3 is 2.18 bits per heavy atom. The third kappa shape index (κ3) is 5.87. The molecule has 1 aliphatic heterocycles. The average molecular weight is 261 g/mol. The Labute approximate surface area is 106 Å². The maximum atomic E-state index is 11.4. The van der Waals surface area contributed by atoms with Crippen LogP contribution in [-0.2, 0) is 9.84 Å². The van der Waals surface area contributed by atoms with Gasteiger partial charge in [-0.05, 0) is 12.8 Å². The van der Waals surface area contributed by atoms with E-state index >= 15 is 0 Å². The van der Waals surface area contributed by atoms with E-state index in [0.717, 1.165) is 12.8 Å². The molecule has 0 aromatic carbocycles. The Kier molecular flexibility index (Phi) is 5.93. The maximum Gasteiger partial charge on any atom is 0.152 e. The summed E-state index contributed by atoms with van der Waals surface area (Å²) in [5.74, 6) is 0.496. The van der Waals surface area contributed by atoms with Crippen molar-refractivity contribution in [2.75, 3.05) is 11.5 Å². The Hall–Kier alpha value is -0.0900. The van der Waals surface area contributed by atoms with Crippen LogP contribution in [0.4, 0.5) is 0 Å². The minimum absolute atomic E-state index is 0.204. The van der Waals surface area contributed by atoms with Gasteiger partial charge in [0.15, 0.2) is 9.84 Å². The van der Waals surface area contributed by atoms with Crippen molar-refractivity contribution in [2.24, 2.45) is 5.73 Å². The van der Waals surface area contributed by atoms with Crippen LogP contribution in [-0.4, -0.2) is 25.5 Å². The van der Waals surface area contributed by atoms with Gasteiger partial charge in [0.05, 0.1) is 11.5 Å². The van der Waals surface area contributed by atoms with E-state index in [-0.39, 0.29) is 5.75 Å². The Balaban J connectivity index is 2.07. The Morgan fingerprint density at radius 1 is 1.06 bits per heavy atom. The van der Waals surface area contributed by atoms with Crippen molar-refractivity contribution in [1.82, 2.24) is 0 Å². The van der Waals surface area contributed by atoms with Gasteiger partial charge in [0, 0.05) is 5.54 Å². The molecule has 102 valence electrons. The van der Waals surface area contributed by atoms with Crippen LogP contribution in [0.2, 0.25) is 0 Å². The van der Waals surface area contributed by atoms with Gasteiger partial charge in [-0.3, -0.25) is 0 Å². The highest BCUT2D eigenvalue weighted by molar-refractivity contribution is 7.91. The molecule has 0 aromatic rings. The van der Waals surface area contributed by atoms with Crippen molar-refractivity contribution in [3.8, 4) is 0 Å². The summed E-state index contributed by atoms with van der Waals surface area (Å²) in [6, 6.07) is 0. The van der Waals surface area contributed by atoms with Gasteiger partial charge >= 0.3 is 0 Å². The molecule has 1 unspecified atom stereocenters. The molecule has 0 bridgehead atoms. The molecule has 0 aromatic heterocycles. The van der Waals surface area contributed by atoms with Crippen LogP contribution in [0.25, 0.3) is 0 Å². The van der Waals surface area contributed by atoms with Crippen molar-refractivity contribution < 1.29 is 8.42 Å². The van der Waals surface area contributed by atoms with E-state index in [2.05, 4.69) is 6.92 Å². The monoisotopic (exact) mass is 261 g/mol. The van der Waals surface area contributed by atoms with E-state index in [1.807, 2.05) is 0 Å². The summed E-state index contributed by atoms with van der Waals surface area (Å²) >= 11 is 0. The minimum Gasteiger partial charge on any atom is -0.324 e. The first kappa shape index (κ1) is 15.0. The number of rotatable bonds is 8. The lowest BCUT2D eigenvalue weighted by Gasteiger charge is -2.21. The summed E-state index contributed by atoms with van der Waals surface area (Å²) in [6.07, 6.45) is 10.3. The average Bonchev–Trinajstić information content (AvgIpc) is 2.52. The molecule has 1 aliphatic rings. The van der Waals surface area contributed by atoms with Crippen molar-refractivity contribution in [1.29, 1.82) is 0 Å². The van der Waals surface area contributed by atoms with E-state index in [1.54, 1.807) is 0 Å². The second-order valence-electron chi connectivity index (χ2n) is 5.58. The van der Waals surface area contributed by atoms with E-state index in [0.29, 0.717) is 12.2 Å². The summed E-state index contributed by atoms with van der Waals surface area (Å²) in [7, 11) is -2.83. The molecule has 0 spiro atoms. The Morgan fingerprint density at radius 2 is 1.65 bits per heavy atom. The lowest BCUT2D eigenvalue weighted by atomic mass is 9.92. The molecule has 0 amide bonds. The van der Waals surface area contributed by atoms with Gasteiger partial charge in [0.25, 0.3) is 0 Å². The highest BCUT2D eigenvalue weighted by Crippen LogP contribution is 2.26. The molecule has 2 N–H and O–H groups in total. The molecule has 1 rings (SSSR count). The molecule has 3 nitrogen and oxygen atoms in total. The number of hydrogen-bond acceptors (Lipinski definition) is 3. The van der Waals surface area contributed by atoms with Crippen LogP contribution in [0.1, 0.15) is 64.7 Å². The van der Waals surface area contributed by atoms with E-state index in [1.165, 1.54) is 38.5 Å². The highest BCUT2D eigenvalue weighted by atomic mass is 32.2. The largest absolute Gasteiger partial charge is 0.324 e. The second-order valence-corrected chi connectivity index (χ2v) is 7.76. The lowest BCUT2D eigenvalue weighted by Crippen LogP contribution is -2.40. The number of unbranched alkanes of at least 4 members (excludes halogenated alkanes) is 6. The van der Waals surface area contributed by atoms with Crippen molar-refractivity contribution in [3.05, 3.63) is 0 Å². The molecular weight excluding hydrogens is 234 g/mol. The summed E-state index contributed by atoms with van der Waals surface area (Å²) < 4.78 is 22.7. The quantitative estimate of drug-likeness (QED) is 0.683. The smallest absolute Gasteiger partial charge is 0.152 e.